The lowest BCUT2D eigenvalue weighted by molar-refractivity contribution is -0.333. The number of carboxylic acid groups (broad SMARTS) is 1. The molecule has 2 saturated heterocycles. The van der Waals surface area contributed by atoms with E-state index in [1.807, 2.05) is 13.8 Å². The Morgan fingerprint density at radius 2 is 1.30 bits per heavy atom. The van der Waals surface area contributed by atoms with Crippen LogP contribution in [0.4, 0.5) is 0 Å². The van der Waals surface area contributed by atoms with E-state index in [1.54, 1.807) is 19.9 Å². The van der Waals surface area contributed by atoms with Crippen LogP contribution in [0.3, 0.4) is 0 Å². The number of primary amides is 1. The second-order valence-electron chi connectivity index (χ2n) is 26.9. The van der Waals surface area contributed by atoms with Crippen molar-refractivity contribution in [1.29, 1.82) is 0 Å². The lowest BCUT2D eigenvalue weighted by atomic mass is 9.86. The summed E-state index contributed by atoms with van der Waals surface area (Å²) < 4.78 is 39.3. The normalized spacial score (nSPS) is 28.9. The fraction of sp³-hybridized carbons (Fsp3) is 0.417. The molecule has 33 nitrogen and oxygen atoms in total. The van der Waals surface area contributed by atoms with Crippen molar-refractivity contribution in [1.82, 2.24) is 37.2 Å². The summed E-state index contributed by atoms with van der Waals surface area (Å²) in [5.41, 5.74) is 8.70. The largest absolute Gasteiger partial charge is 0.508 e. The first-order valence-electron chi connectivity index (χ1n) is 33.6. The molecule has 12 rings (SSSR count). The van der Waals surface area contributed by atoms with Gasteiger partial charge in [0.2, 0.25) is 53.4 Å². The van der Waals surface area contributed by atoms with Crippen molar-refractivity contribution in [2.24, 2.45) is 17.4 Å². The highest BCUT2D eigenvalue weighted by molar-refractivity contribution is 6.00. The van der Waals surface area contributed by atoms with Gasteiger partial charge in [-0.05, 0) is 124 Å². The Labute approximate surface area is 600 Å². The molecule has 11 bridgehead atoms. The maximum Gasteiger partial charge on any atom is 0.330 e. The van der Waals surface area contributed by atoms with Crippen LogP contribution in [0.5, 0.6) is 46.0 Å². The third-order valence-corrected chi connectivity index (χ3v) is 18.6. The average Bonchev–Trinajstić information content (AvgIpc) is 0.769. The van der Waals surface area contributed by atoms with Gasteiger partial charge in [0, 0.05) is 45.8 Å². The van der Waals surface area contributed by atoms with Crippen LogP contribution in [0, 0.1) is 5.92 Å². The van der Waals surface area contributed by atoms with Crippen molar-refractivity contribution in [3.8, 4) is 57.1 Å². The number of nitrogens with one attached hydrogen (secondary N) is 7. The summed E-state index contributed by atoms with van der Waals surface area (Å²) in [6.07, 6.45) is -12.1. The van der Waals surface area contributed by atoms with E-state index in [0.29, 0.717) is 0 Å². The maximum absolute atomic E-state index is 16.2. The molecule has 21 N–H and O–H groups in total. The number of ether oxygens (including phenoxy) is 6. The number of aliphatic hydroxyl groups is 6. The van der Waals surface area contributed by atoms with Gasteiger partial charge < -0.3 is 128 Å². The number of carbonyl (C=O) groups is 8. The number of rotatable bonds is 15. The summed E-state index contributed by atoms with van der Waals surface area (Å²) in [7, 11) is 1.50. The van der Waals surface area contributed by atoms with Crippen LogP contribution < -0.4 is 62.9 Å². The van der Waals surface area contributed by atoms with Crippen molar-refractivity contribution in [2.45, 2.75) is 170 Å². The smallest absolute Gasteiger partial charge is 0.330 e. The van der Waals surface area contributed by atoms with Gasteiger partial charge in [0.15, 0.2) is 29.9 Å². The quantitative estimate of drug-likeness (QED) is 0.0691. The summed E-state index contributed by atoms with van der Waals surface area (Å²) in [5.74, 6) is -14.9. The highest BCUT2D eigenvalue weighted by atomic mass is 16.8. The Hall–Kier alpha value is -10.3. The molecule has 2 fully saturated rings. The zero-order valence-corrected chi connectivity index (χ0v) is 57.9. The van der Waals surface area contributed by atoms with E-state index < -0.39 is 226 Å². The summed E-state index contributed by atoms with van der Waals surface area (Å²) in [5, 5.41) is 133. The van der Waals surface area contributed by atoms with Crippen LogP contribution >= 0.6 is 0 Å². The van der Waals surface area contributed by atoms with Crippen LogP contribution in [-0.2, 0) is 52.6 Å². The van der Waals surface area contributed by atoms with Gasteiger partial charge in [-0.15, -0.1) is 0 Å². The van der Waals surface area contributed by atoms with Gasteiger partial charge in [-0.2, -0.15) is 0 Å². The van der Waals surface area contributed by atoms with Gasteiger partial charge in [0.1, 0.15) is 89.5 Å². The number of amides is 7. The van der Waals surface area contributed by atoms with E-state index in [2.05, 4.69) is 37.2 Å². The number of aliphatic hydroxyl groups excluding tert-OH is 6. The van der Waals surface area contributed by atoms with Crippen molar-refractivity contribution < 1.29 is 118 Å². The summed E-state index contributed by atoms with van der Waals surface area (Å²) in [6.45, 7) is 8.98. The third-order valence-electron chi connectivity index (χ3n) is 18.6. The van der Waals surface area contributed by atoms with Crippen molar-refractivity contribution >= 4 is 59.5 Å². The zero-order chi connectivity index (χ0) is 76.4. The van der Waals surface area contributed by atoms with Crippen molar-refractivity contribution in [2.75, 3.05) is 13.7 Å². The Bertz CT molecular complexity index is 4240. The van der Waals surface area contributed by atoms with E-state index in [0.717, 1.165) is 42.5 Å². The molecule has 7 heterocycles. The Balaban J connectivity index is 1.28. The van der Waals surface area contributed by atoms with E-state index in [-0.39, 0.29) is 58.1 Å². The minimum absolute atomic E-state index is 0.0419. The van der Waals surface area contributed by atoms with E-state index in [1.165, 1.54) is 75.5 Å². The number of phenols is 3. The molecule has 562 valence electrons. The molecule has 0 spiro atoms. The Morgan fingerprint density at radius 1 is 0.705 bits per heavy atom. The monoisotopic (exact) mass is 1460 g/mol. The van der Waals surface area contributed by atoms with Crippen molar-refractivity contribution in [3.63, 3.8) is 0 Å². The molecule has 0 unspecified atom stereocenters. The van der Waals surface area contributed by atoms with Crippen LogP contribution in [0.1, 0.15) is 130 Å². The molecular formula is C72H85N9O24. The number of aliphatic carboxylic acids is 1. The van der Waals surface area contributed by atoms with Gasteiger partial charge in [-0.3, -0.25) is 33.6 Å². The summed E-state index contributed by atoms with van der Waals surface area (Å²) in [6, 6.07) is 0.844. The predicted molar refractivity (Wildman–Crippen MR) is 369 cm³/mol. The number of phenolic OH excluding ortho intramolecular Hbond substituents is 3. The maximum atomic E-state index is 16.2. The van der Waals surface area contributed by atoms with Gasteiger partial charge >= 0.3 is 5.97 Å². The first kappa shape index (κ1) is 77.3. The molecule has 5 aromatic carbocycles. The molecule has 18 atom stereocenters. The molecule has 33 heteroatoms. The molecule has 7 aliphatic heterocycles. The number of carboxylic acids is 1. The molecule has 7 amide bonds. The van der Waals surface area contributed by atoms with E-state index in [4.69, 9.17) is 39.9 Å². The number of carbonyl (C=O) groups excluding carboxylic acids is 7. The zero-order valence-electron chi connectivity index (χ0n) is 57.9. The number of likely N-dealkylation sites (N-methyl/N-ethyl adjacent to an activating group) is 1. The molecule has 0 radical (unpaired) electrons. The fourth-order valence-corrected chi connectivity index (χ4v) is 13.2. The third kappa shape index (κ3) is 16.6. The van der Waals surface area contributed by atoms with Gasteiger partial charge in [-0.1, -0.05) is 56.4 Å². The second-order valence-corrected chi connectivity index (χ2v) is 26.9. The van der Waals surface area contributed by atoms with E-state index >= 15 is 24.0 Å². The Kier molecular flexibility index (Phi) is 23.5. The molecule has 5 aromatic rings. The number of nitrogens with two attached hydrogens (primary N) is 2. The van der Waals surface area contributed by atoms with Crippen LogP contribution in [0.2, 0.25) is 0 Å². The molecule has 105 heavy (non-hydrogen) atoms. The standard InChI is InChI=1S/C72H85N9O24/c1-8-10-31-19-34-13-16-44(31)101-46-22-36-23-47(61(46)105-71-62(60(90)59(89)48(28-82)103-71)104-50-27-72(6,74)63(91)30(5)100-50)102-45-17-14-35(20-32(45)11-9-2)58(88)56-69(97)79-54(70(98)99)39-24-37(83)25-43(85)51(39)38-21-33(12-15-42(38)84)52(66(94)81-56)78-67(95)53(36)77-65(93)41(26-49(73)86)76-68(96)55(57(34)87)80-64(92)40(75-7)18-29(3)4/h8-17,19-25,29-30,40-41,48,50,52-60,62-63,71,75,82-85,87-91H,18,26-28,74H2,1-7H3,(H2,73,86)(H,76,96)(H,77,93)(H,78,95)(H,79,97)(H,80,92)(H,81,94)(H,98,99)/b10-8+,11-9+/t30-,40+,41-,48+,50-,52+,53+,54-,55+,56-,57+,58+,59+,60-,62+,63+,71-,72-/m0/s1. The topological polar surface area (TPSA) is 530 Å². The highest BCUT2D eigenvalue weighted by Gasteiger charge is 2.51. The number of fused-ring (bicyclic) bond motifs is 15. The lowest BCUT2D eigenvalue weighted by Gasteiger charge is -2.47. The average molecular weight is 1460 g/mol. The second kappa shape index (κ2) is 32.0. The molecule has 0 aromatic heterocycles. The van der Waals surface area contributed by atoms with Crippen LogP contribution in [0.15, 0.2) is 91.0 Å². The SMILES string of the molecule is C/C=C/c1cc2ccc1Oc1cc3cc(c1O[C@@H]1O[C@H](CO)[C@@H](O)[C@H](O)[C@H]1O[C@H]1C[C@](C)(N)[C@H](O)[C@H](C)O1)Oc1ccc(cc1/C=C/C)[C@@H](O)[C@@H](NC(=O)[C@@H](CC(C)C)NC)C(=O)N[C@@H](CC(N)=O)C(=O)N[C@H]3C(=O)N[C@H]1C(=O)N[C@H](C(=O)N[C@H](C(=O)O)c3cc(O)cc(O)c3-c3cc1ccc3O)[C@@H]2O. The number of hydrogen-bond donors (Lipinski definition) is 19. The minimum Gasteiger partial charge on any atom is -0.508 e. The van der Waals surface area contributed by atoms with Gasteiger partial charge in [-0.25, -0.2) is 4.79 Å². The van der Waals surface area contributed by atoms with Gasteiger partial charge in [0.25, 0.3) is 0 Å². The number of hydrogen-bond acceptors (Lipinski definition) is 25. The minimum atomic E-state index is -2.31. The fourth-order valence-electron chi connectivity index (χ4n) is 13.2. The lowest BCUT2D eigenvalue weighted by Crippen LogP contribution is -2.64. The number of allylic oxidation sites excluding steroid dienone is 2. The van der Waals surface area contributed by atoms with E-state index in [9.17, 15) is 65.4 Å². The Morgan fingerprint density at radius 3 is 1.89 bits per heavy atom. The number of aromatic hydroxyl groups is 3. The first-order valence-corrected chi connectivity index (χ1v) is 33.6. The number of benzene rings is 5. The molecule has 7 aliphatic rings. The van der Waals surface area contributed by atoms with Crippen LogP contribution in [0.25, 0.3) is 23.3 Å². The summed E-state index contributed by atoms with van der Waals surface area (Å²) >= 11 is 0. The van der Waals surface area contributed by atoms with Crippen molar-refractivity contribution in [3.05, 3.63) is 130 Å². The first-order chi connectivity index (χ1) is 49.7. The van der Waals surface area contributed by atoms with Gasteiger partial charge in [0.05, 0.1) is 31.3 Å². The molecule has 0 saturated carbocycles. The van der Waals surface area contributed by atoms with Crippen LogP contribution in [-0.4, -0.2) is 191 Å². The molecular weight excluding hydrogens is 1370 g/mol. The predicted octanol–water partition coefficient (Wildman–Crippen LogP) is 0.866. The highest BCUT2D eigenvalue weighted by Crippen LogP contribution is 2.49. The molecule has 0 aliphatic carbocycles. The summed E-state index contributed by atoms with van der Waals surface area (Å²) in [4.78, 5) is 118.